The lowest BCUT2D eigenvalue weighted by Gasteiger charge is -2.10. The zero-order chi connectivity index (χ0) is 15.6. The third kappa shape index (κ3) is 3.63. The fraction of sp³-hybridized carbons (Fsp3) is 0.727. The highest BCUT2D eigenvalue weighted by atomic mass is 19.4. The summed E-state index contributed by atoms with van der Waals surface area (Å²) in [5.74, 6) is -1.92. The summed E-state index contributed by atoms with van der Waals surface area (Å²) in [4.78, 5) is 23.2. The molecule has 1 saturated heterocycles. The Morgan fingerprint density at radius 1 is 1.52 bits per heavy atom. The SMILES string of the molecule is Cn1c(C(F)(F)F)nn(CC(=O)NC[C@H]2CCCO2)c1=O. The van der Waals surface area contributed by atoms with Gasteiger partial charge in [-0.2, -0.15) is 13.2 Å². The van der Waals surface area contributed by atoms with E-state index < -0.39 is 30.1 Å². The maximum Gasteiger partial charge on any atom is 0.451 e. The first-order chi connectivity index (χ1) is 9.79. The number of carbonyl (C=O) groups excluding carboxylic acids is 1. The molecule has 1 aliphatic rings. The quantitative estimate of drug-likeness (QED) is 0.842. The molecule has 21 heavy (non-hydrogen) atoms. The average molecular weight is 308 g/mol. The summed E-state index contributed by atoms with van der Waals surface area (Å²) < 4.78 is 43.9. The van der Waals surface area contributed by atoms with Crippen molar-refractivity contribution in [2.45, 2.75) is 31.7 Å². The number of aromatic nitrogens is 3. The van der Waals surface area contributed by atoms with Crippen LogP contribution in [0.15, 0.2) is 4.79 Å². The van der Waals surface area contributed by atoms with Crippen LogP contribution >= 0.6 is 0 Å². The van der Waals surface area contributed by atoms with E-state index >= 15 is 0 Å². The van der Waals surface area contributed by atoms with Gasteiger partial charge in [-0.15, -0.1) is 5.10 Å². The monoisotopic (exact) mass is 308 g/mol. The minimum absolute atomic E-state index is 0.0832. The smallest absolute Gasteiger partial charge is 0.376 e. The number of nitrogens with one attached hydrogen (secondary N) is 1. The Bertz CT molecular complexity index is 572. The van der Waals surface area contributed by atoms with Gasteiger partial charge in [0.2, 0.25) is 11.7 Å². The summed E-state index contributed by atoms with van der Waals surface area (Å²) in [7, 11) is 0.957. The van der Waals surface area contributed by atoms with Crippen molar-refractivity contribution in [3.63, 3.8) is 0 Å². The van der Waals surface area contributed by atoms with Crippen molar-refractivity contribution in [2.24, 2.45) is 7.05 Å². The highest BCUT2D eigenvalue weighted by Crippen LogP contribution is 2.25. The summed E-state index contributed by atoms with van der Waals surface area (Å²) >= 11 is 0. The Morgan fingerprint density at radius 3 is 2.76 bits per heavy atom. The maximum atomic E-state index is 12.6. The topological polar surface area (TPSA) is 78.2 Å². The standard InChI is InChI=1S/C11H15F3N4O3/c1-17-9(11(12,13)14)16-18(10(17)20)6-8(19)15-5-7-3-2-4-21-7/h7H,2-6H2,1H3,(H,15,19)/t7-/m1/s1. The summed E-state index contributed by atoms with van der Waals surface area (Å²) in [6, 6.07) is 0. The number of rotatable bonds is 4. The first-order valence-corrected chi connectivity index (χ1v) is 6.38. The molecule has 1 amide bonds. The molecule has 2 heterocycles. The number of amides is 1. The van der Waals surface area contributed by atoms with E-state index in [0.717, 1.165) is 19.9 Å². The number of halogens is 3. The second-order valence-corrected chi connectivity index (χ2v) is 4.76. The molecule has 0 bridgehead atoms. The number of ether oxygens (including phenoxy) is 1. The van der Waals surface area contributed by atoms with E-state index in [1.54, 1.807) is 0 Å². The van der Waals surface area contributed by atoms with E-state index in [2.05, 4.69) is 10.4 Å². The molecule has 1 aliphatic heterocycles. The fourth-order valence-corrected chi connectivity index (χ4v) is 2.06. The van der Waals surface area contributed by atoms with Crippen LogP contribution in [-0.2, 0) is 29.3 Å². The summed E-state index contributed by atoms with van der Waals surface area (Å²) in [6.07, 6.45) is -3.09. The minimum atomic E-state index is -4.74. The Morgan fingerprint density at radius 2 is 2.24 bits per heavy atom. The van der Waals surface area contributed by atoms with Crippen LogP contribution in [0.3, 0.4) is 0 Å². The lowest BCUT2D eigenvalue weighted by molar-refractivity contribution is -0.147. The number of hydrogen-bond acceptors (Lipinski definition) is 4. The lowest BCUT2D eigenvalue weighted by Crippen LogP contribution is -2.37. The van der Waals surface area contributed by atoms with E-state index in [4.69, 9.17) is 4.74 Å². The second kappa shape index (κ2) is 5.88. The van der Waals surface area contributed by atoms with E-state index in [1.807, 2.05) is 0 Å². The Balaban J connectivity index is 1.99. The molecule has 10 heteroatoms. The van der Waals surface area contributed by atoms with Crippen molar-refractivity contribution < 1.29 is 22.7 Å². The molecule has 0 spiro atoms. The number of nitrogens with zero attached hydrogens (tertiary/aromatic N) is 3. The van der Waals surface area contributed by atoms with Crippen LogP contribution in [0.25, 0.3) is 0 Å². The van der Waals surface area contributed by atoms with Gasteiger partial charge in [0.15, 0.2) is 0 Å². The molecule has 1 atom stereocenters. The van der Waals surface area contributed by atoms with Crippen molar-refractivity contribution in [1.82, 2.24) is 19.7 Å². The lowest BCUT2D eigenvalue weighted by atomic mass is 10.2. The molecule has 7 nitrogen and oxygen atoms in total. The molecule has 1 N–H and O–H groups in total. The summed E-state index contributed by atoms with van der Waals surface area (Å²) in [5, 5.41) is 5.66. The van der Waals surface area contributed by atoms with Crippen LogP contribution < -0.4 is 11.0 Å². The Kier molecular flexibility index (Phi) is 4.35. The minimum Gasteiger partial charge on any atom is -0.376 e. The highest BCUT2D eigenvalue weighted by Gasteiger charge is 2.38. The largest absolute Gasteiger partial charge is 0.451 e. The summed E-state index contributed by atoms with van der Waals surface area (Å²) in [5.41, 5.74) is -0.991. The van der Waals surface area contributed by atoms with Crippen LogP contribution in [0.2, 0.25) is 0 Å². The van der Waals surface area contributed by atoms with Gasteiger partial charge < -0.3 is 10.1 Å². The van der Waals surface area contributed by atoms with Crippen molar-refractivity contribution in [2.75, 3.05) is 13.2 Å². The maximum absolute atomic E-state index is 12.6. The molecule has 0 aromatic carbocycles. The highest BCUT2D eigenvalue weighted by molar-refractivity contribution is 5.75. The second-order valence-electron chi connectivity index (χ2n) is 4.76. The molecular weight excluding hydrogens is 293 g/mol. The van der Waals surface area contributed by atoms with Gasteiger partial charge in [-0.3, -0.25) is 9.36 Å². The average Bonchev–Trinajstić information content (AvgIpc) is 2.99. The van der Waals surface area contributed by atoms with Gasteiger partial charge in [0, 0.05) is 20.2 Å². The summed E-state index contributed by atoms with van der Waals surface area (Å²) in [6.45, 7) is 0.344. The van der Waals surface area contributed by atoms with Gasteiger partial charge in [0.05, 0.1) is 6.10 Å². The van der Waals surface area contributed by atoms with Gasteiger partial charge in [-0.1, -0.05) is 0 Å². The molecule has 1 fully saturated rings. The zero-order valence-corrected chi connectivity index (χ0v) is 11.3. The normalized spacial score (nSPS) is 19.0. The van der Waals surface area contributed by atoms with Gasteiger partial charge in [-0.05, 0) is 12.8 Å². The molecule has 1 aromatic heterocycles. The third-order valence-electron chi connectivity index (χ3n) is 3.14. The number of alkyl halides is 3. The van der Waals surface area contributed by atoms with Crippen LogP contribution in [-0.4, -0.2) is 39.5 Å². The van der Waals surface area contributed by atoms with Gasteiger partial charge >= 0.3 is 11.9 Å². The fourth-order valence-electron chi connectivity index (χ4n) is 2.06. The van der Waals surface area contributed by atoms with Gasteiger partial charge in [0.25, 0.3) is 0 Å². The molecule has 1 aromatic rings. The van der Waals surface area contributed by atoms with E-state index in [9.17, 15) is 22.8 Å². The molecule has 0 radical (unpaired) electrons. The van der Waals surface area contributed by atoms with Crippen LogP contribution in [0, 0.1) is 0 Å². The molecule has 2 rings (SSSR count). The van der Waals surface area contributed by atoms with Crippen molar-refractivity contribution >= 4 is 5.91 Å². The molecule has 0 aliphatic carbocycles. The van der Waals surface area contributed by atoms with Crippen LogP contribution in [0.5, 0.6) is 0 Å². The first kappa shape index (κ1) is 15.5. The predicted octanol–water partition coefficient (Wildman–Crippen LogP) is -0.104. The Labute approximate surface area is 117 Å². The van der Waals surface area contributed by atoms with E-state index in [0.29, 0.717) is 15.9 Å². The van der Waals surface area contributed by atoms with Crippen molar-refractivity contribution in [1.29, 1.82) is 0 Å². The van der Waals surface area contributed by atoms with E-state index in [1.165, 1.54) is 0 Å². The Hall–Kier alpha value is -1.84. The van der Waals surface area contributed by atoms with E-state index in [-0.39, 0.29) is 12.6 Å². The molecular formula is C11H15F3N4O3. The third-order valence-corrected chi connectivity index (χ3v) is 3.14. The molecule has 0 unspecified atom stereocenters. The van der Waals surface area contributed by atoms with Crippen molar-refractivity contribution in [3.8, 4) is 0 Å². The van der Waals surface area contributed by atoms with Crippen LogP contribution in [0.1, 0.15) is 18.7 Å². The van der Waals surface area contributed by atoms with Gasteiger partial charge in [-0.25, -0.2) is 9.48 Å². The molecule has 118 valence electrons. The predicted molar refractivity (Wildman–Crippen MR) is 64.5 cm³/mol. The van der Waals surface area contributed by atoms with Gasteiger partial charge in [0.1, 0.15) is 6.54 Å². The van der Waals surface area contributed by atoms with Crippen LogP contribution in [0.4, 0.5) is 13.2 Å². The van der Waals surface area contributed by atoms with Crippen molar-refractivity contribution in [3.05, 3.63) is 16.3 Å². The first-order valence-electron chi connectivity index (χ1n) is 6.38. The molecule has 0 saturated carbocycles. The number of hydrogen-bond donors (Lipinski definition) is 1. The number of carbonyl (C=O) groups is 1. The zero-order valence-electron chi connectivity index (χ0n) is 11.3.